The molecule has 0 radical (unpaired) electrons. The number of rotatable bonds is 11. The second-order valence-electron chi connectivity index (χ2n) is 22.4. The topological polar surface area (TPSA) is 159 Å². The molecule has 5 atom stereocenters. The van der Waals surface area contributed by atoms with E-state index in [4.69, 9.17) is 14.5 Å². The van der Waals surface area contributed by atoms with Crippen molar-refractivity contribution in [2.45, 2.75) is 137 Å². The summed E-state index contributed by atoms with van der Waals surface area (Å²) in [6, 6.07) is 11.2. The standard InChI is InChI=1S/C58H74F2N8O7/c1-11-67-47-18-17-38-31-43(47)44(51(67)42-15-12-22-61-49(42)36(4)74-10)32-57(5,6)34-75-56(73)45-16-13-25-68(63-45)55(72)46(29-37-27-40(38)30-41(28-37)52(59)60)62-53(70)50(35(2)3)64(9)54(71)39-20-26-65(33-39)48(69)19-21-58(7,8)66-23-14-24-66/h12,15,17-18,22,27-28,30-31,35-36,39,45-46,50,52,63H,11,13-14,16,20,23-26,29,32-34H2,1-10H3,(H,62,70)/t36-,39-,45-,46-,50?/m0/s1. The SMILES string of the molecule is CCn1c(-c2cccnc2[C@H](C)OC)c2c3cc(ccc31)-c1cc(cc(C(F)F)c1)C[C@H](NC(=O)C(C(C)C)N(C)C(=O)[C@H]1CCN(C(=O)C#CC(C)(C)N3CCC3)C1)C(=O)N1CCC[C@H](N1)C(=O)OCC(C)(C)C2. The number of carbonyl (C=O) groups excluding carboxylic acids is 5. The van der Waals surface area contributed by atoms with Crippen LogP contribution in [0.1, 0.15) is 116 Å². The molecule has 402 valence electrons. The van der Waals surface area contributed by atoms with E-state index in [0.717, 1.165) is 52.9 Å². The minimum atomic E-state index is -2.86. The van der Waals surface area contributed by atoms with Crippen LogP contribution in [0.25, 0.3) is 33.3 Å². The smallest absolute Gasteiger partial charge is 0.324 e. The molecule has 2 aromatic heterocycles. The number of carbonyl (C=O) groups is 5. The van der Waals surface area contributed by atoms with Crippen LogP contribution in [0.4, 0.5) is 8.78 Å². The van der Waals surface area contributed by atoms with E-state index in [0.29, 0.717) is 55.5 Å². The number of hydrogen-bond donors (Lipinski definition) is 2. The molecule has 75 heavy (non-hydrogen) atoms. The number of halogens is 2. The Bertz CT molecular complexity index is 2880. The van der Waals surface area contributed by atoms with Crippen molar-refractivity contribution < 1.29 is 42.2 Å². The number of nitrogens with zero attached hydrogens (tertiary/aromatic N) is 6. The van der Waals surface area contributed by atoms with Gasteiger partial charge in [-0.05, 0) is 124 Å². The lowest BCUT2D eigenvalue weighted by atomic mass is 9.84. The summed E-state index contributed by atoms with van der Waals surface area (Å²) in [6.07, 6.45) is 1.13. The Hall–Kier alpha value is -6.22. The molecule has 0 aliphatic carbocycles. The molecule has 2 N–H and O–H groups in total. The minimum absolute atomic E-state index is 0.0477. The Kier molecular flexibility index (Phi) is 16.5. The number of nitrogens with one attached hydrogen (secondary N) is 2. The normalized spacial score (nSPS) is 21.2. The number of aryl methyl sites for hydroxylation is 1. The lowest BCUT2D eigenvalue weighted by molar-refractivity contribution is -0.155. The summed E-state index contributed by atoms with van der Waals surface area (Å²) >= 11 is 0. The van der Waals surface area contributed by atoms with Gasteiger partial charge in [0.25, 0.3) is 18.2 Å². The molecule has 3 saturated heterocycles. The number of cyclic esters (lactones) is 1. The van der Waals surface area contributed by atoms with Gasteiger partial charge in [-0.2, -0.15) is 0 Å². The monoisotopic (exact) mass is 1030 g/mol. The minimum Gasteiger partial charge on any atom is -0.464 e. The van der Waals surface area contributed by atoms with Gasteiger partial charge in [0.1, 0.15) is 18.1 Å². The maximum absolute atomic E-state index is 15.1. The molecule has 6 heterocycles. The first kappa shape index (κ1) is 55.0. The third-order valence-corrected chi connectivity index (χ3v) is 15.6. The van der Waals surface area contributed by atoms with Crippen molar-refractivity contribution in [3.05, 3.63) is 77.1 Å². The summed E-state index contributed by atoms with van der Waals surface area (Å²) in [4.78, 5) is 81.2. The fourth-order valence-corrected chi connectivity index (χ4v) is 11.2. The van der Waals surface area contributed by atoms with E-state index >= 15 is 8.78 Å². The van der Waals surface area contributed by atoms with E-state index in [1.54, 1.807) is 45.2 Å². The lowest BCUT2D eigenvalue weighted by Crippen LogP contribution is -2.62. The molecule has 2 aromatic carbocycles. The predicted molar refractivity (Wildman–Crippen MR) is 283 cm³/mol. The molecule has 4 aromatic rings. The summed E-state index contributed by atoms with van der Waals surface area (Å²) in [5.74, 6) is 2.51. The maximum atomic E-state index is 15.1. The van der Waals surface area contributed by atoms with Crippen LogP contribution in [-0.2, 0) is 52.8 Å². The van der Waals surface area contributed by atoms with Gasteiger partial charge in [0.2, 0.25) is 11.8 Å². The van der Waals surface area contributed by atoms with Crippen LogP contribution in [0, 0.1) is 29.1 Å². The number of likely N-dealkylation sites (N-methyl/N-ethyl adjacent to an activating group) is 1. The van der Waals surface area contributed by atoms with Crippen LogP contribution < -0.4 is 10.7 Å². The van der Waals surface area contributed by atoms with Crippen LogP contribution in [0.15, 0.2) is 54.7 Å². The van der Waals surface area contributed by atoms with Gasteiger partial charge >= 0.3 is 5.97 Å². The Morgan fingerprint density at radius 1 is 1.01 bits per heavy atom. The average molecular weight is 1030 g/mol. The van der Waals surface area contributed by atoms with Crippen LogP contribution in [0.2, 0.25) is 0 Å². The zero-order valence-electron chi connectivity index (χ0n) is 45.2. The fraction of sp³-hybridized carbons (Fsp3) is 0.552. The van der Waals surface area contributed by atoms with Gasteiger partial charge in [0.05, 0.1) is 35.6 Å². The second kappa shape index (κ2) is 22.5. The van der Waals surface area contributed by atoms with E-state index in [1.165, 1.54) is 22.0 Å². The third kappa shape index (κ3) is 11.8. The third-order valence-electron chi connectivity index (χ3n) is 15.6. The van der Waals surface area contributed by atoms with Crippen LogP contribution in [0.5, 0.6) is 0 Å². The molecule has 4 aliphatic rings. The summed E-state index contributed by atoms with van der Waals surface area (Å²) in [6.45, 7) is 18.9. The zero-order valence-corrected chi connectivity index (χ0v) is 45.2. The summed E-state index contributed by atoms with van der Waals surface area (Å²) in [7, 11) is 3.19. The Labute approximate surface area is 440 Å². The van der Waals surface area contributed by atoms with Gasteiger partial charge in [-0.25, -0.2) is 14.2 Å². The largest absolute Gasteiger partial charge is 0.464 e. The van der Waals surface area contributed by atoms with Crippen molar-refractivity contribution in [3.8, 4) is 34.2 Å². The van der Waals surface area contributed by atoms with Gasteiger partial charge in [0, 0.05) is 93.5 Å². The van der Waals surface area contributed by atoms with Gasteiger partial charge in [-0.15, -0.1) is 0 Å². The van der Waals surface area contributed by atoms with Crippen LogP contribution >= 0.6 is 0 Å². The number of benzene rings is 2. The van der Waals surface area contributed by atoms with Crippen molar-refractivity contribution in [1.29, 1.82) is 0 Å². The van der Waals surface area contributed by atoms with E-state index < -0.39 is 65.1 Å². The highest BCUT2D eigenvalue weighted by Gasteiger charge is 2.41. The fourth-order valence-electron chi connectivity index (χ4n) is 11.2. The number of fused-ring (bicyclic) bond motifs is 6. The number of hydrogen-bond acceptors (Lipinski definition) is 10. The van der Waals surface area contributed by atoms with Gasteiger partial charge in [0.15, 0.2) is 0 Å². The number of amides is 4. The van der Waals surface area contributed by atoms with E-state index in [9.17, 15) is 24.0 Å². The molecule has 4 amide bonds. The molecular formula is C58H74F2N8O7. The molecule has 3 fully saturated rings. The van der Waals surface area contributed by atoms with E-state index in [1.807, 2.05) is 65.0 Å². The first-order valence-electron chi connectivity index (χ1n) is 26.5. The maximum Gasteiger partial charge on any atom is 0.324 e. The molecule has 1 unspecified atom stereocenters. The molecule has 17 heteroatoms. The van der Waals surface area contributed by atoms with Gasteiger partial charge in [-0.1, -0.05) is 51.8 Å². The zero-order chi connectivity index (χ0) is 54.1. The highest BCUT2D eigenvalue weighted by atomic mass is 19.3. The van der Waals surface area contributed by atoms with Gasteiger partial charge in [-0.3, -0.25) is 38.9 Å². The van der Waals surface area contributed by atoms with E-state index in [-0.39, 0.29) is 49.6 Å². The number of ether oxygens (including phenoxy) is 2. The number of likely N-dealkylation sites (tertiary alicyclic amines) is 2. The second-order valence-corrected chi connectivity index (χ2v) is 22.4. The first-order valence-corrected chi connectivity index (χ1v) is 26.5. The average Bonchev–Trinajstić information content (AvgIpc) is 3.98. The molecule has 4 aliphatic heterocycles. The molecule has 15 nitrogen and oxygen atoms in total. The number of alkyl halides is 2. The number of esters is 1. The summed E-state index contributed by atoms with van der Waals surface area (Å²) < 4.78 is 44.3. The first-order chi connectivity index (χ1) is 35.6. The van der Waals surface area contributed by atoms with Crippen molar-refractivity contribution in [2.24, 2.45) is 17.3 Å². The molecule has 8 rings (SSSR count). The quantitative estimate of drug-likeness (QED) is 0.114. The number of hydrazine groups is 1. The van der Waals surface area contributed by atoms with Crippen molar-refractivity contribution in [2.75, 3.05) is 53.5 Å². The lowest BCUT2D eigenvalue weighted by Gasteiger charge is -2.41. The molecule has 0 saturated carbocycles. The van der Waals surface area contributed by atoms with E-state index in [2.05, 4.69) is 39.0 Å². The highest BCUT2D eigenvalue weighted by molar-refractivity contribution is 5.97. The Morgan fingerprint density at radius 3 is 2.45 bits per heavy atom. The number of aromatic nitrogens is 2. The van der Waals surface area contributed by atoms with Crippen molar-refractivity contribution in [1.82, 2.24) is 40.0 Å². The Morgan fingerprint density at radius 2 is 1.77 bits per heavy atom. The van der Waals surface area contributed by atoms with Crippen molar-refractivity contribution >= 4 is 40.5 Å². The Balaban J connectivity index is 1.15. The van der Waals surface area contributed by atoms with Crippen molar-refractivity contribution in [3.63, 3.8) is 0 Å². The molecule has 6 bridgehead atoms. The number of methoxy groups -OCH3 is 1. The summed E-state index contributed by atoms with van der Waals surface area (Å²) in [5, 5.41) is 5.16. The van der Waals surface area contributed by atoms with Crippen LogP contribution in [0.3, 0.4) is 0 Å². The van der Waals surface area contributed by atoms with Gasteiger partial charge < -0.3 is 29.2 Å². The summed E-state index contributed by atoms with van der Waals surface area (Å²) in [5.41, 5.74) is 7.77. The molecule has 0 spiro atoms. The molecular weight excluding hydrogens is 959 g/mol. The highest BCUT2D eigenvalue weighted by Crippen LogP contribution is 2.42. The number of pyridine rings is 1. The predicted octanol–water partition coefficient (Wildman–Crippen LogP) is 7.50. The van der Waals surface area contributed by atoms with Crippen LogP contribution in [-0.4, -0.2) is 136 Å².